The molecule has 1 heterocycles. The van der Waals surface area contributed by atoms with Crippen molar-refractivity contribution in [3.63, 3.8) is 0 Å². The summed E-state index contributed by atoms with van der Waals surface area (Å²) in [6.07, 6.45) is 1.90. The molecule has 1 fully saturated rings. The van der Waals surface area contributed by atoms with Gasteiger partial charge in [0, 0.05) is 5.75 Å². The van der Waals surface area contributed by atoms with Crippen LogP contribution in [0.1, 0.15) is 26.7 Å². The largest absolute Gasteiger partial charge is 0.481 e. The third-order valence-corrected chi connectivity index (χ3v) is 4.10. The molecule has 2 nitrogen and oxygen atoms in total. The first-order chi connectivity index (χ1) is 5.59. The fourth-order valence-corrected chi connectivity index (χ4v) is 3.15. The molecule has 1 aliphatic heterocycles. The Bertz CT molecular complexity index is 171. The Morgan fingerprint density at radius 1 is 1.58 bits per heavy atom. The number of carboxylic acids is 1. The normalized spacial score (nSPS) is 30.6. The number of thioether (sulfide) groups is 1. The predicted molar refractivity (Wildman–Crippen MR) is 51.5 cm³/mol. The molecule has 0 bridgehead atoms. The van der Waals surface area contributed by atoms with Crippen LogP contribution >= 0.6 is 11.8 Å². The number of hydrogen-bond donors (Lipinski definition) is 1. The van der Waals surface area contributed by atoms with Crippen LogP contribution in [0.15, 0.2) is 0 Å². The monoisotopic (exact) mass is 188 g/mol. The van der Waals surface area contributed by atoms with E-state index in [1.54, 1.807) is 11.8 Å². The fourth-order valence-electron chi connectivity index (χ4n) is 1.69. The lowest BCUT2D eigenvalue weighted by molar-refractivity contribution is -0.150. The molecule has 1 saturated heterocycles. The Hall–Kier alpha value is -0.180. The zero-order valence-electron chi connectivity index (χ0n) is 7.67. The summed E-state index contributed by atoms with van der Waals surface area (Å²) in [7, 11) is 0. The van der Waals surface area contributed by atoms with Crippen LogP contribution in [0.2, 0.25) is 0 Å². The SMILES string of the molecule is CC(C)C1(C(=O)O)CCCSC1. The van der Waals surface area contributed by atoms with Gasteiger partial charge in [0.15, 0.2) is 0 Å². The Morgan fingerprint density at radius 3 is 2.50 bits per heavy atom. The van der Waals surface area contributed by atoms with E-state index in [0.717, 1.165) is 24.3 Å². The average Bonchev–Trinajstić information content (AvgIpc) is 2.05. The van der Waals surface area contributed by atoms with Crippen LogP contribution in [0.3, 0.4) is 0 Å². The summed E-state index contributed by atoms with van der Waals surface area (Å²) in [6.45, 7) is 4.03. The summed E-state index contributed by atoms with van der Waals surface area (Å²) in [6, 6.07) is 0. The van der Waals surface area contributed by atoms with Crippen molar-refractivity contribution < 1.29 is 9.90 Å². The summed E-state index contributed by atoms with van der Waals surface area (Å²) >= 11 is 1.78. The van der Waals surface area contributed by atoms with Crippen molar-refractivity contribution in [2.24, 2.45) is 11.3 Å². The highest BCUT2D eigenvalue weighted by molar-refractivity contribution is 7.99. The quantitative estimate of drug-likeness (QED) is 0.722. The maximum atomic E-state index is 11.1. The second kappa shape index (κ2) is 3.69. The second-order valence-corrected chi connectivity index (χ2v) is 4.88. The molecule has 1 aliphatic rings. The van der Waals surface area contributed by atoms with Gasteiger partial charge in [0.05, 0.1) is 5.41 Å². The minimum Gasteiger partial charge on any atom is -0.481 e. The number of hydrogen-bond acceptors (Lipinski definition) is 2. The molecule has 0 aliphatic carbocycles. The van der Waals surface area contributed by atoms with Crippen LogP contribution in [0.4, 0.5) is 0 Å². The van der Waals surface area contributed by atoms with Gasteiger partial charge in [0.25, 0.3) is 0 Å². The summed E-state index contributed by atoms with van der Waals surface area (Å²) in [5.41, 5.74) is -0.442. The third-order valence-electron chi connectivity index (χ3n) is 2.80. The zero-order chi connectivity index (χ0) is 9.19. The van der Waals surface area contributed by atoms with Gasteiger partial charge in [-0.05, 0) is 24.5 Å². The molecule has 12 heavy (non-hydrogen) atoms. The molecule has 1 unspecified atom stereocenters. The summed E-state index contributed by atoms with van der Waals surface area (Å²) in [5.74, 6) is 1.56. The van der Waals surface area contributed by atoms with E-state index in [1.807, 2.05) is 13.8 Å². The van der Waals surface area contributed by atoms with E-state index in [-0.39, 0.29) is 5.92 Å². The van der Waals surface area contributed by atoms with Gasteiger partial charge in [0.1, 0.15) is 0 Å². The van der Waals surface area contributed by atoms with E-state index < -0.39 is 11.4 Å². The van der Waals surface area contributed by atoms with Crippen LogP contribution in [0, 0.1) is 11.3 Å². The molecule has 0 radical (unpaired) electrons. The predicted octanol–water partition coefficient (Wildman–Crippen LogP) is 2.24. The molecular weight excluding hydrogens is 172 g/mol. The van der Waals surface area contributed by atoms with E-state index in [4.69, 9.17) is 5.11 Å². The highest BCUT2D eigenvalue weighted by Gasteiger charge is 2.42. The average molecular weight is 188 g/mol. The van der Waals surface area contributed by atoms with Gasteiger partial charge in [-0.1, -0.05) is 13.8 Å². The van der Waals surface area contributed by atoms with E-state index in [9.17, 15) is 4.79 Å². The minimum atomic E-state index is -0.607. The first-order valence-electron chi connectivity index (χ1n) is 4.41. The highest BCUT2D eigenvalue weighted by atomic mass is 32.2. The molecule has 1 rings (SSSR count). The van der Waals surface area contributed by atoms with E-state index >= 15 is 0 Å². The molecule has 1 N–H and O–H groups in total. The first kappa shape index (κ1) is 9.90. The summed E-state index contributed by atoms with van der Waals surface area (Å²) in [5, 5.41) is 9.15. The second-order valence-electron chi connectivity index (χ2n) is 3.77. The van der Waals surface area contributed by atoms with Crippen molar-refractivity contribution in [3.05, 3.63) is 0 Å². The first-order valence-corrected chi connectivity index (χ1v) is 5.56. The molecule has 0 aromatic rings. The fraction of sp³-hybridized carbons (Fsp3) is 0.889. The highest BCUT2D eigenvalue weighted by Crippen LogP contribution is 2.40. The molecule has 0 amide bonds. The summed E-state index contributed by atoms with van der Waals surface area (Å²) in [4.78, 5) is 11.1. The summed E-state index contributed by atoms with van der Waals surface area (Å²) < 4.78 is 0. The van der Waals surface area contributed by atoms with Crippen LogP contribution in [0.5, 0.6) is 0 Å². The van der Waals surface area contributed by atoms with Gasteiger partial charge in [-0.2, -0.15) is 11.8 Å². The maximum Gasteiger partial charge on any atom is 0.310 e. The van der Waals surface area contributed by atoms with Crippen molar-refractivity contribution in [1.82, 2.24) is 0 Å². The Morgan fingerprint density at radius 2 is 2.25 bits per heavy atom. The van der Waals surface area contributed by atoms with Gasteiger partial charge in [0.2, 0.25) is 0 Å². The van der Waals surface area contributed by atoms with E-state index in [1.165, 1.54) is 0 Å². The van der Waals surface area contributed by atoms with Crippen molar-refractivity contribution >= 4 is 17.7 Å². The van der Waals surface area contributed by atoms with Gasteiger partial charge < -0.3 is 5.11 Å². The standard InChI is InChI=1S/C9H16O2S/c1-7(2)9(8(10)11)4-3-5-12-6-9/h7H,3-6H2,1-2H3,(H,10,11). The van der Waals surface area contributed by atoms with Crippen molar-refractivity contribution in [2.75, 3.05) is 11.5 Å². The molecular formula is C9H16O2S. The lowest BCUT2D eigenvalue weighted by atomic mass is 9.75. The number of rotatable bonds is 2. The maximum absolute atomic E-state index is 11.1. The molecule has 0 spiro atoms. The zero-order valence-corrected chi connectivity index (χ0v) is 8.49. The Kier molecular flexibility index (Phi) is 3.04. The van der Waals surface area contributed by atoms with Crippen molar-refractivity contribution in [1.29, 1.82) is 0 Å². The molecule has 0 aromatic carbocycles. The van der Waals surface area contributed by atoms with Crippen molar-refractivity contribution in [2.45, 2.75) is 26.7 Å². The Labute approximate surface area is 77.7 Å². The third kappa shape index (κ3) is 1.60. The number of carbonyl (C=O) groups is 1. The molecule has 3 heteroatoms. The van der Waals surface area contributed by atoms with Gasteiger partial charge in [-0.3, -0.25) is 4.79 Å². The number of carboxylic acid groups (broad SMARTS) is 1. The Balaban J connectivity index is 2.77. The van der Waals surface area contributed by atoms with Crippen LogP contribution < -0.4 is 0 Å². The van der Waals surface area contributed by atoms with Crippen molar-refractivity contribution in [3.8, 4) is 0 Å². The van der Waals surface area contributed by atoms with Gasteiger partial charge in [-0.25, -0.2) is 0 Å². The molecule has 0 saturated carbocycles. The molecule has 1 atom stereocenters. The lowest BCUT2D eigenvalue weighted by Gasteiger charge is -2.36. The van der Waals surface area contributed by atoms with E-state index in [0.29, 0.717) is 0 Å². The number of aliphatic carboxylic acids is 1. The lowest BCUT2D eigenvalue weighted by Crippen LogP contribution is -2.40. The van der Waals surface area contributed by atoms with Gasteiger partial charge in [-0.15, -0.1) is 0 Å². The molecule has 70 valence electrons. The van der Waals surface area contributed by atoms with Crippen LogP contribution in [-0.2, 0) is 4.79 Å². The topological polar surface area (TPSA) is 37.3 Å². The minimum absolute atomic E-state index is 0.253. The van der Waals surface area contributed by atoms with Crippen LogP contribution in [0.25, 0.3) is 0 Å². The molecule has 0 aromatic heterocycles. The van der Waals surface area contributed by atoms with Gasteiger partial charge >= 0.3 is 5.97 Å². The smallest absolute Gasteiger partial charge is 0.310 e. The van der Waals surface area contributed by atoms with E-state index in [2.05, 4.69) is 0 Å². The van der Waals surface area contributed by atoms with Crippen LogP contribution in [-0.4, -0.2) is 22.6 Å².